The summed E-state index contributed by atoms with van der Waals surface area (Å²) in [5.74, 6) is -2.99. The molecule has 0 unspecified atom stereocenters. The molecule has 0 amide bonds. The minimum absolute atomic E-state index is 0. The summed E-state index contributed by atoms with van der Waals surface area (Å²) < 4.78 is 28.8. The van der Waals surface area contributed by atoms with Gasteiger partial charge < -0.3 is 14.8 Å². The van der Waals surface area contributed by atoms with Crippen molar-refractivity contribution in [1.82, 2.24) is 0 Å². The van der Waals surface area contributed by atoms with Crippen molar-refractivity contribution in [3.8, 4) is 0 Å². The molecule has 9 heteroatoms. The van der Waals surface area contributed by atoms with Crippen LogP contribution in [0.5, 0.6) is 0 Å². The molecule has 2 N–H and O–H groups in total. The van der Waals surface area contributed by atoms with Gasteiger partial charge in [-0.1, -0.05) is 6.08 Å². The number of carbonyl (C=O) groups is 2. The fourth-order valence-corrected chi connectivity index (χ4v) is 0.576. The van der Waals surface area contributed by atoms with Crippen LogP contribution in [0.1, 0.15) is 0 Å². The van der Waals surface area contributed by atoms with Crippen molar-refractivity contribution >= 4 is 22.1 Å². The van der Waals surface area contributed by atoms with Crippen LogP contribution in [0.15, 0.2) is 24.8 Å². The molecule has 0 radical (unpaired) electrons. The standard InChI is InChI=1S/C4H4O4.C3H6O3S.Na/c5-3(6)1-2-4(7)8;1-2-3-7(4,5)6;/h1-2H,(H,5,6)(H,7,8);2H,1,3H2,(H,4,5,6);/q;;+1/p-1/b2-1-;;. The molecule has 0 fully saturated rings. The van der Waals surface area contributed by atoms with Crippen molar-refractivity contribution in [3.05, 3.63) is 24.8 Å². The number of rotatable bonds is 4. The van der Waals surface area contributed by atoms with Crippen molar-refractivity contribution in [2.24, 2.45) is 0 Å². The van der Waals surface area contributed by atoms with E-state index < -0.39 is 27.8 Å². The van der Waals surface area contributed by atoms with Crippen LogP contribution < -0.4 is 29.6 Å². The number of carboxylic acids is 2. The van der Waals surface area contributed by atoms with Crippen LogP contribution in [-0.2, 0) is 19.7 Å². The van der Waals surface area contributed by atoms with Crippen molar-refractivity contribution in [2.75, 3.05) is 5.75 Å². The van der Waals surface area contributed by atoms with Crippen LogP contribution in [0.25, 0.3) is 0 Å². The molecular weight excluding hydrogens is 251 g/mol. The van der Waals surface area contributed by atoms with E-state index in [-0.39, 0.29) is 29.6 Å². The van der Waals surface area contributed by atoms with Crippen LogP contribution in [0, 0.1) is 0 Å². The molecule has 0 aliphatic rings. The topological polar surface area (TPSA) is 132 Å². The molecule has 0 saturated carbocycles. The Bertz CT molecular complexity index is 341. The van der Waals surface area contributed by atoms with Gasteiger partial charge in [-0.2, -0.15) is 0 Å². The van der Waals surface area contributed by atoms with E-state index in [0.29, 0.717) is 12.2 Å². The van der Waals surface area contributed by atoms with E-state index in [1.54, 1.807) is 0 Å². The number of aliphatic carboxylic acids is 2. The summed E-state index contributed by atoms with van der Waals surface area (Å²) in [5, 5.41) is 15.6. The third kappa shape index (κ3) is 29.2. The van der Waals surface area contributed by atoms with Gasteiger partial charge in [-0.25, -0.2) is 18.0 Å². The van der Waals surface area contributed by atoms with Crippen LogP contribution in [0.2, 0.25) is 0 Å². The van der Waals surface area contributed by atoms with Crippen LogP contribution >= 0.6 is 0 Å². The van der Waals surface area contributed by atoms with Crippen molar-refractivity contribution < 1.29 is 62.3 Å². The summed E-state index contributed by atoms with van der Waals surface area (Å²) in [6.07, 6.45) is 2.17. The number of hydrogen-bond donors (Lipinski definition) is 2. The second kappa shape index (κ2) is 10.8. The fraction of sp³-hybridized carbons (Fsp3) is 0.143. The quantitative estimate of drug-likeness (QED) is 0.231. The molecule has 86 valence electrons. The molecular formula is C7H9NaO7S. The van der Waals surface area contributed by atoms with Crippen LogP contribution in [0.4, 0.5) is 0 Å². The van der Waals surface area contributed by atoms with E-state index in [2.05, 4.69) is 6.58 Å². The van der Waals surface area contributed by atoms with Gasteiger partial charge in [-0.3, -0.25) is 0 Å². The third-order valence-corrected chi connectivity index (χ3v) is 1.33. The number of hydrogen-bond acceptors (Lipinski definition) is 5. The van der Waals surface area contributed by atoms with Crippen molar-refractivity contribution in [2.45, 2.75) is 0 Å². The average molecular weight is 260 g/mol. The van der Waals surface area contributed by atoms with Crippen molar-refractivity contribution in [1.29, 1.82) is 0 Å². The zero-order valence-corrected chi connectivity index (χ0v) is 11.3. The van der Waals surface area contributed by atoms with Gasteiger partial charge >= 0.3 is 41.5 Å². The average Bonchev–Trinajstić information content (AvgIpc) is 1.99. The molecule has 0 saturated heterocycles. The van der Waals surface area contributed by atoms with E-state index >= 15 is 0 Å². The van der Waals surface area contributed by atoms with E-state index in [1.807, 2.05) is 0 Å². The molecule has 0 heterocycles. The first-order chi connectivity index (χ1) is 6.69. The van der Waals surface area contributed by atoms with Gasteiger partial charge in [-0.05, 0) is 0 Å². The normalized spacial score (nSPS) is 9.56. The van der Waals surface area contributed by atoms with Gasteiger partial charge in [0.1, 0.15) is 0 Å². The van der Waals surface area contributed by atoms with E-state index in [4.69, 9.17) is 10.2 Å². The molecule has 0 aromatic heterocycles. The molecule has 0 bridgehead atoms. The maximum absolute atomic E-state index is 9.60. The summed E-state index contributed by atoms with van der Waals surface area (Å²) >= 11 is 0. The molecule has 0 aromatic carbocycles. The first-order valence-corrected chi connectivity index (χ1v) is 4.95. The Morgan fingerprint density at radius 2 is 1.50 bits per heavy atom. The summed E-state index contributed by atoms with van der Waals surface area (Å²) in [7, 11) is -4.04. The predicted molar refractivity (Wildman–Crippen MR) is 49.2 cm³/mol. The summed E-state index contributed by atoms with van der Waals surface area (Å²) in [4.78, 5) is 19.1. The van der Waals surface area contributed by atoms with Gasteiger partial charge in [0, 0.05) is 12.2 Å². The Morgan fingerprint density at radius 1 is 1.19 bits per heavy atom. The Labute approximate surface area is 115 Å². The summed E-state index contributed by atoms with van der Waals surface area (Å²) in [5.41, 5.74) is 0. The van der Waals surface area contributed by atoms with Crippen LogP contribution in [0.3, 0.4) is 0 Å². The maximum atomic E-state index is 9.60. The second-order valence-electron chi connectivity index (χ2n) is 2.02. The van der Waals surface area contributed by atoms with Gasteiger partial charge in [0.15, 0.2) is 0 Å². The van der Waals surface area contributed by atoms with Gasteiger partial charge in [0.2, 0.25) is 0 Å². The molecule has 0 atom stereocenters. The third-order valence-electron chi connectivity index (χ3n) is 0.690. The smallest absolute Gasteiger partial charge is 0.748 e. The molecule has 0 rings (SSSR count). The molecule has 0 aliphatic heterocycles. The summed E-state index contributed by atoms with van der Waals surface area (Å²) in [6, 6.07) is 0. The Hall–Kier alpha value is -0.670. The monoisotopic (exact) mass is 260 g/mol. The zero-order chi connectivity index (χ0) is 12.5. The first-order valence-electron chi connectivity index (χ1n) is 3.37. The molecule has 0 aliphatic carbocycles. The van der Waals surface area contributed by atoms with Crippen LogP contribution in [-0.4, -0.2) is 40.9 Å². The second-order valence-corrected chi connectivity index (χ2v) is 3.47. The maximum Gasteiger partial charge on any atom is 1.00 e. The SMILES string of the molecule is C=CCS(=O)(=O)[O-].O=C(O)/C=C\C(=O)O.[Na+]. The minimum Gasteiger partial charge on any atom is -0.748 e. The van der Waals surface area contributed by atoms with Gasteiger partial charge in [0.25, 0.3) is 0 Å². The molecule has 0 aromatic rings. The Balaban J connectivity index is -0.000000200. The first kappa shape index (κ1) is 20.7. The zero-order valence-electron chi connectivity index (χ0n) is 8.49. The Morgan fingerprint density at radius 3 is 1.56 bits per heavy atom. The predicted octanol–water partition coefficient (Wildman–Crippen LogP) is -3.57. The fourth-order valence-electron chi connectivity index (χ4n) is 0.287. The molecule has 16 heavy (non-hydrogen) atoms. The summed E-state index contributed by atoms with van der Waals surface area (Å²) in [6.45, 7) is 3.07. The van der Waals surface area contributed by atoms with E-state index in [9.17, 15) is 22.6 Å². The number of carboxylic acid groups (broad SMARTS) is 2. The Kier molecular flexibility index (Phi) is 14.0. The largest absolute Gasteiger partial charge is 1.00 e. The van der Waals surface area contributed by atoms with Crippen molar-refractivity contribution in [3.63, 3.8) is 0 Å². The van der Waals surface area contributed by atoms with E-state index in [1.165, 1.54) is 0 Å². The minimum atomic E-state index is -4.04. The molecule has 0 spiro atoms. The van der Waals surface area contributed by atoms with Gasteiger partial charge in [-0.15, -0.1) is 6.58 Å². The van der Waals surface area contributed by atoms with Gasteiger partial charge in [0.05, 0.1) is 15.9 Å². The molecule has 7 nitrogen and oxygen atoms in total. The van der Waals surface area contributed by atoms with E-state index in [0.717, 1.165) is 6.08 Å².